The number of benzene rings is 1. The van der Waals surface area contributed by atoms with Crippen molar-refractivity contribution in [2.45, 2.75) is 12.5 Å². The molecule has 0 amide bonds. The zero-order valence-corrected chi connectivity index (χ0v) is 11.0. The van der Waals surface area contributed by atoms with Crippen LogP contribution in [0, 0.1) is 0 Å². The van der Waals surface area contributed by atoms with Crippen molar-refractivity contribution in [2.24, 2.45) is 0 Å². The largest absolute Gasteiger partial charge is 0.497 e. The smallest absolute Gasteiger partial charge is 0.164 e. The molecule has 4 nitrogen and oxygen atoms in total. The molecule has 1 saturated heterocycles. The van der Waals surface area contributed by atoms with Crippen molar-refractivity contribution in [3.8, 4) is 5.75 Å². The molecular formula is C14H20N2O2. The summed E-state index contributed by atoms with van der Waals surface area (Å²) in [7, 11) is 3.69. The minimum atomic E-state index is 0.175. The lowest BCUT2D eigenvalue weighted by Crippen LogP contribution is -2.49. The van der Waals surface area contributed by atoms with E-state index >= 15 is 0 Å². The second-order valence-electron chi connectivity index (χ2n) is 4.70. The number of hydrogen-bond donors (Lipinski definition) is 1. The molecule has 98 valence electrons. The maximum Gasteiger partial charge on any atom is 0.164 e. The van der Waals surface area contributed by atoms with Crippen molar-refractivity contribution >= 4 is 5.78 Å². The van der Waals surface area contributed by atoms with Crippen LogP contribution < -0.4 is 10.1 Å². The summed E-state index contributed by atoms with van der Waals surface area (Å²) in [5, 5.41) is 3.33. The third-order valence-electron chi connectivity index (χ3n) is 3.46. The van der Waals surface area contributed by atoms with Crippen molar-refractivity contribution in [1.82, 2.24) is 10.2 Å². The average Bonchev–Trinajstić information content (AvgIpc) is 2.41. The molecule has 1 heterocycles. The number of likely N-dealkylation sites (N-methyl/N-ethyl adjacent to an activating group) is 1. The normalized spacial score (nSPS) is 20.7. The molecule has 18 heavy (non-hydrogen) atoms. The first-order chi connectivity index (χ1) is 8.70. The highest BCUT2D eigenvalue weighted by atomic mass is 16.5. The maximum atomic E-state index is 12.2. The predicted molar refractivity (Wildman–Crippen MR) is 71.2 cm³/mol. The number of carbonyl (C=O) groups is 1. The van der Waals surface area contributed by atoms with Gasteiger partial charge in [-0.2, -0.15) is 0 Å². The highest BCUT2D eigenvalue weighted by molar-refractivity contribution is 5.96. The van der Waals surface area contributed by atoms with E-state index in [1.165, 1.54) is 0 Å². The molecule has 0 radical (unpaired) electrons. The lowest BCUT2D eigenvalue weighted by atomic mass is 10.0. The van der Waals surface area contributed by atoms with Crippen LogP contribution in [0.3, 0.4) is 0 Å². The molecule has 0 aliphatic carbocycles. The molecule has 1 N–H and O–H groups in total. The van der Waals surface area contributed by atoms with Crippen LogP contribution in [0.5, 0.6) is 5.75 Å². The summed E-state index contributed by atoms with van der Waals surface area (Å²) in [5.74, 6) is 0.908. The van der Waals surface area contributed by atoms with Crippen LogP contribution in [0.4, 0.5) is 0 Å². The molecule has 4 heteroatoms. The molecule has 0 bridgehead atoms. The second kappa shape index (κ2) is 5.98. The summed E-state index contributed by atoms with van der Waals surface area (Å²) in [6, 6.07) is 7.65. The topological polar surface area (TPSA) is 41.6 Å². The van der Waals surface area contributed by atoms with Crippen molar-refractivity contribution in [3.05, 3.63) is 29.8 Å². The molecule has 1 aromatic rings. The van der Waals surface area contributed by atoms with Gasteiger partial charge in [0.25, 0.3) is 0 Å². The predicted octanol–water partition coefficient (Wildman–Crippen LogP) is 1.17. The van der Waals surface area contributed by atoms with Gasteiger partial charge in [0.05, 0.1) is 7.11 Å². The van der Waals surface area contributed by atoms with E-state index in [2.05, 4.69) is 17.3 Å². The standard InChI is InChI=1S/C14H20N2O2/c1-16-7-6-15-10-12(16)9-14(17)11-4-3-5-13(8-11)18-2/h3-5,8,12,15H,6-7,9-10H2,1-2H3. The minimum absolute atomic E-state index is 0.175. The van der Waals surface area contributed by atoms with Crippen LogP contribution in [0.1, 0.15) is 16.8 Å². The molecule has 1 fully saturated rings. The first-order valence-corrected chi connectivity index (χ1v) is 6.29. The Kier molecular flexibility index (Phi) is 4.33. The number of hydrogen-bond acceptors (Lipinski definition) is 4. The van der Waals surface area contributed by atoms with Gasteiger partial charge in [-0.25, -0.2) is 0 Å². The number of nitrogens with one attached hydrogen (secondary N) is 1. The Morgan fingerprint density at radius 2 is 2.39 bits per heavy atom. The maximum absolute atomic E-state index is 12.2. The number of rotatable bonds is 4. The van der Waals surface area contributed by atoms with E-state index in [-0.39, 0.29) is 11.8 Å². The van der Waals surface area contributed by atoms with E-state index in [0.717, 1.165) is 30.9 Å². The van der Waals surface area contributed by atoms with Gasteiger partial charge in [0, 0.05) is 37.7 Å². The fourth-order valence-electron chi connectivity index (χ4n) is 2.22. The van der Waals surface area contributed by atoms with E-state index in [4.69, 9.17) is 4.74 Å². The summed E-state index contributed by atoms with van der Waals surface area (Å²) in [6.07, 6.45) is 0.552. The monoisotopic (exact) mass is 248 g/mol. The van der Waals surface area contributed by atoms with Crippen LogP contribution in [0.15, 0.2) is 24.3 Å². The second-order valence-corrected chi connectivity index (χ2v) is 4.70. The van der Waals surface area contributed by atoms with Crippen molar-refractivity contribution in [1.29, 1.82) is 0 Å². The first kappa shape index (κ1) is 13.1. The zero-order chi connectivity index (χ0) is 13.0. The molecule has 2 rings (SSSR count). The number of carbonyl (C=O) groups excluding carboxylic acids is 1. The lowest BCUT2D eigenvalue weighted by molar-refractivity contribution is 0.0917. The van der Waals surface area contributed by atoms with Crippen LogP contribution in [0.2, 0.25) is 0 Å². The average molecular weight is 248 g/mol. The Morgan fingerprint density at radius 3 is 3.11 bits per heavy atom. The Labute approximate surface area is 108 Å². The van der Waals surface area contributed by atoms with Gasteiger partial charge in [0.2, 0.25) is 0 Å². The van der Waals surface area contributed by atoms with Gasteiger partial charge >= 0.3 is 0 Å². The quantitative estimate of drug-likeness (QED) is 0.812. The van der Waals surface area contributed by atoms with Gasteiger partial charge in [-0.3, -0.25) is 4.79 Å². The SMILES string of the molecule is COc1cccc(C(=O)CC2CNCCN2C)c1. The number of methoxy groups -OCH3 is 1. The highest BCUT2D eigenvalue weighted by Crippen LogP contribution is 2.16. The molecule has 0 saturated carbocycles. The third-order valence-corrected chi connectivity index (χ3v) is 3.46. The number of Topliss-reactive ketones (excluding diaryl/α,β-unsaturated/α-hetero) is 1. The fraction of sp³-hybridized carbons (Fsp3) is 0.500. The Bertz CT molecular complexity index is 420. The Morgan fingerprint density at radius 1 is 1.56 bits per heavy atom. The molecule has 0 aromatic heterocycles. The Balaban J connectivity index is 2.02. The number of ketones is 1. The van der Waals surface area contributed by atoms with Gasteiger partial charge in [0.1, 0.15) is 5.75 Å². The number of piperazine rings is 1. The Hall–Kier alpha value is -1.39. The summed E-state index contributed by atoms with van der Waals surface area (Å²) >= 11 is 0. The van der Waals surface area contributed by atoms with E-state index in [1.807, 2.05) is 18.2 Å². The summed E-state index contributed by atoms with van der Waals surface area (Å²) in [6.45, 7) is 2.88. The van der Waals surface area contributed by atoms with Crippen molar-refractivity contribution < 1.29 is 9.53 Å². The zero-order valence-electron chi connectivity index (χ0n) is 11.0. The van der Waals surface area contributed by atoms with E-state index in [9.17, 15) is 4.79 Å². The molecule has 1 unspecified atom stereocenters. The van der Waals surface area contributed by atoms with Crippen LogP contribution in [-0.4, -0.2) is 50.5 Å². The van der Waals surface area contributed by atoms with Gasteiger partial charge in [-0.15, -0.1) is 0 Å². The van der Waals surface area contributed by atoms with Crippen LogP contribution in [-0.2, 0) is 0 Å². The number of nitrogens with zero attached hydrogens (tertiary/aromatic N) is 1. The minimum Gasteiger partial charge on any atom is -0.497 e. The summed E-state index contributed by atoms with van der Waals surface area (Å²) < 4.78 is 5.14. The van der Waals surface area contributed by atoms with Gasteiger partial charge in [0.15, 0.2) is 5.78 Å². The molecule has 1 aliphatic rings. The van der Waals surface area contributed by atoms with Crippen LogP contribution >= 0.6 is 0 Å². The summed E-state index contributed by atoms with van der Waals surface area (Å²) in [5.41, 5.74) is 0.730. The first-order valence-electron chi connectivity index (χ1n) is 6.29. The molecule has 1 aliphatic heterocycles. The van der Waals surface area contributed by atoms with Gasteiger partial charge in [-0.1, -0.05) is 12.1 Å². The van der Waals surface area contributed by atoms with E-state index in [0.29, 0.717) is 6.42 Å². The van der Waals surface area contributed by atoms with Crippen molar-refractivity contribution in [2.75, 3.05) is 33.8 Å². The lowest BCUT2D eigenvalue weighted by Gasteiger charge is -2.32. The van der Waals surface area contributed by atoms with Gasteiger partial charge in [-0.05, 0) is 19.2 Å². The van der Waals surface area contributed by atoms with Gasteiger partial charge < -0.3 is 15.0 Å². The molecule has 0 spiro atoms. The van der Waals surface area contributed by atoms with Crippen LogP contribution in [0.25, 0.3) is 0 Å². The molecule has 1 aromatic carbocycles. The van der Waals surface area contributed by atoms with Crippen molar-refractivity contribution in [3.63, 3.8) is 0 Å². The third kappa shape index (κ3) is 3.09. The molecule has 1 atom stereocenters. The van der Waals surface area contributed by atoms with E-state index < -0.39 is 0 Å². The summed E-state index contributed by atoms with van der Waals surface area (Å²) in [4.78, 5) is 14.5. The fourth-order valence-corrected chi connectivity index (χ4v) is 2.22. The number of ether oxygens (including phenoxy) is 1. The highest BCUT2D eigenvalue weighted by Gasteiger charge is 2.22. The van der Waals surface area contributed by atoms with E-state index in [1.54, 1.807) is 13.2 Å². The molecular weight excluding hydrogens is 228 g/mol.